The monoisotopic (exact) mass is 401 g/mol. The van der Waals surface area contributed by atoms with Gasteiger partial charge in [0, 0.05) is 22.9 Å². The van der Waals surface area contributed by atoms with Gasteiger partial charge in [0.15, 0.2) is 11.6 Å². The lowest BCUT2D eigenvalue weighted by molar-refractivity contribution is -0.116. The van der Waals surface area contributed by atoms with Crippen LogP contribution in [0.25, 0.3) is 5.69 Å². The topological polar surface area (TPSA) is 64.0 Å². The zero-order chi connectivity index (χ0) is 20.0. The van der Waals surface area contributed by atoms with Crippen LogP contribution in [0.5, 0.6) is 0 Å². The lowest BCUT2D eigenvalue weighted by atomic mass is 9.87. The normalized spacial score (nSPS) is 16.0. The predicted octanol–water partition coefficient (Wildman–Crippen LogP) is 4.39. The molecule has 1 aliphatic rings. The van der Waals surface area contributed by atoms with Crippen molar-refractivity contribution in [2.24, 2.45) is 0 Å². The van der Waals surface area contributed by atoms with Crippen LogP contribution in [-0.4, -0.2) is 21.5 Å². The van der Waals surface area contributed by atoms with E-state index >= 15 is 0 Å². The summed E-state index contributed by atoms with van der Waals surface area (Å²) in [6.45, 7) is 3.72. The number of thiophene rings is 1. The maximum Gasteiger partial charge on any atom is 0.226 e. The Kier molecular flexibility index (Phi) is 4.58. The van der Waals surface area contributed by atoms with Crippen LogP contribution in [0.3, 0.4) is 0 Å². The van der Waals surface area contributed by atoms with Crippen molar-refractivity contribution in [2.45, 2.75) is 32.6 Å². The molecule has 0 radical (unpaired) electrons. The molecule has 0 bridgehead atoms. The minimum atomic E-state index is -0.807. The molecule has 2 aromatic heterocycles. The minimum Gasteiger partial charge on any atom is -0.310 e. The molecule has 1 N–H and O–H groups in total. The van der Waals surface area contributed by atoms with Gasteiger partial charge in [-0.15, -0.1) is 11.3 Å². The van der Waals surface area contributed by atoms with Crippen LogP contribution in [0.2, 0.25) is 0 Å². The largest absolute Gasteiger partial charge is 0.310 e. The second-order valence-electron chi connectivity index (χ2n) is 6.64. The van der Waals surface area contributed by atoms with Crippen LogP contribution in [-0.2, 0) is 11.2 Å². The Bertz CT molecular complexity index is 1100. The summed E-state index contributed by atoms with van der Waals surface area (Å²) >= 11 is 1.41. The number of anilines is 1. The van der Waals surface area contributed by atoms with Crippen LogP contribution in [0.4, 0.5) is 14.6 Å². The van der Waals surface area contributed by atoms with E-state index in [0.29, 0.717) is 16.1 Å². The Morgan fingerprint density at radius 3 is 2.79 bits per heavy atom. The molecule has 0 saturated carbocycles. The molecule has 1 amide bonds. The number of aryl methyl sites for hydroxylation is 2. The van der Waals surface area contributed by atoms with Crippen molar-refractivity contribution in [3.05, 3.63) is 63.0 Å². The number of benzene rings is 1. The van der Waals surface area contributed by atoms with Crippen LogP contribution >= 0.6 is 11.3 Å². The van der Waals surface area contributed by atoms with Crippen molar-refractivity contribution in [3.8, 4) is 5.69 Å². The summed E-state index contributed by atoms with van der Waals surface area (Å²) in [5.74, 6) is -2.45. The number of nitrogens with zero attached hydrogens (tertiary/aromatic N) is 2. The molecular formula is C20H17F2N3O2S. The third-order valence-electron chi connectivity index (χ3n) is 4.81. The first-order valence-corrected chi connectivity index (χ1v) is 9.68. The van der Waals surface area contributed by atoms with Crippen molar-refractivity contribution in [2.75, 3.05) is 5.32 Å². The zero-order valence-electron chi connectivity index (χ0n) is 15.3. The molecule has 1 aliphatic heterocycles. The summed E-state index contributed by atoms with van der Waals surface area (Å²) in [6, 6.07) is 6.81. The molecule has 0 saturated heterocycles. The van der Waals surface area contributed by atoms with Gasteiger partial charge < -0.3 is 5.32 Å². The van der Waals surface area contributed by atoms with Gasteiger partial charge in [0.25, 0.3) is 0 Å². The molecule has 1 atom stereocenters. The number of ketones is 1. The molecule has 8 heteroatoms. The third-order valence-corrected chi connectivity index (χ3v) is 6.05. The van der Waals surface area contributed by atoms with Gasteiger partial charge in [0.05, 0.1) is 16.5 Å². The molecular weight excluding hydrogens is 384 g/mol. The number of fused-ring (bicyclic) bond motifs is 1. The number of amides is 1. The first kappa shape index (κ1) is 18.5. The van der Waals surface area contributed by atoms with E-state index in [4.69, 9.17) is 0 Å². The van der Waals surface area contributed by atoms with Gasteiger partial charge in [-0.3, -0.25) is 9.59 Å². The lowest BCUT2D eigenvalue weighted by Gasteiger charge is -2.22. The number of hydrogen-bond donors (Lipinski definition) is 1. The van der Waals surface area contributed by atoms with Crippen molar-refractivity contribution in [1.29, 1.82) is 0 Å². The number of aromatic nitrogens is 2. The van der Waals surface area contributed by atoms with E-state index in [0.717, 1.165) is 23.4 Å². The standard InChI is InChI=1S/C20H17F2N3O2S/c1-3-12-5-7-16(28-12)19(27)13-9-17(26)23-20-18(13)10(2)24-25(20)15-6-4-11(21)8-14(15)22/h4-8,13H,3,9H2,1-2H3,(H,23,26)/t13-/m0/s1. The quantitative estimate of drug-likeness (QED) is 0.660. The smallest absolute Gasteiger partial charge is 0.226 e. The average Bonchev–Trinajstić information content (AvgIpc) is 3.26. The molecule has 0 spiro atoms. The molecule has 3 heterocycles. The van der Waals surface area contributed by atoms with Crippen molar-refractivity contribution in [3.63, 3.8) is 0 Å². The second-order valence-corrected chi connectivity index (χ2v) is 7.81. The highest BCUT2D eigenvalue weighted by atomic mass is 32.1. The number of carbonyl (C=O) groups is 2. The van der Waals surface area contributed by atoms with E-state index < -0.39 is 17.6 Å². The molecule has 1 aromatic carbocycles. The molecule has 4 rings (SSSR count). The number of rotatable bonds is 4. The fourth-order valence-corrected chi connectivity index (χ4v) is 4.41. The SMILES string of the molecule is CCc1ccc(C(=O)[C@H]2CC(=O)Nc3c2c(C)nn3-c2ccc(F)cc2F)s1. The summed E-state index contributed by atoms with van der Waals surface area (Å²) in [6.07, 6.45) is 0.832. The Labute approximate surface area is 164 Å². The van der Waals surface area contributed by atoms with Crippen molar-refractivity contribution < 1.29 is 18.4 Å². The first-order valence-electron chi connectivity index (χ1n) is 8.86. The van der Waals surface area contributed by atoms with Gasteiger partial charge in [-0.25, -0.2) is 13.5 Å². The van der Waals surface area contributed by atoms with Crippen molar-refractivity contribution >= 4 is 28.8 Å². The number of nitrogens with one attached hydrogen (secondary N) is 1. The summed E-state index contributed by atoms with van der Waals surface area (Å²) in [4.78, 5) is 27.1. The first-order chi connectivity index (χ1) is 13.4. The maximum atomic E-state index is 14.3. The summed E-state index contributed by atoms with van der Waals surface area (Å²) in [5.41, 5.74) is 1.09. The van der Waals surface area contributed by atoms with Gasteiger partial charge in [-0.2, -0.15) is 5.10 Å². The van der Waals surface area contributed by atoms with E-state index in [1.54, 1.807) is 13.0 Å². The Morgan fingerprint density at radius 1 is 1.32 bits per heavy atom. The third kappa shape index (κ3) is 3.03. The van der Waals surface area contributed by atoms with Crippen LogP contribution in [0.1, 0.15) is 45.1 Å². The maximum absolute atomic E-state index is 14.3. The van der Waals surface area contributed by atoms with E-state index in [9.17, 15) is 18.4 Å². The predicted molar refractivity (Wildman–Crippen MR) is 102 cm³/mol. The summed E-state index contributed by atoms with van der Waals surface area (Å²) in [7, 11) is 0. The van der Waals surface area contributed by atoms with Crippen LogP contribution in [0.15, 0.2) is 30.3 Å². The Balaban J connectivity index is 1.82. The second kappa shape index (κ2) is 6.94. The van der Waals surface area contributed by atoms with Gasteiger partial charge in [-0.05, 0) is 37.6 Å². The van der Waals surface area contributed by atoms with Crippen LogP contribution < -0.4 is 5.32 Å². The summed E-state index contributed by atoms with van der Waals surface area (Å²) < 4.78 is 28.8. The molecule has 3 aromatic rings. The fraction of sp³-hybridized carbons (Fsp3) is 0.250. The van der Waals surface area contributed by atoms with E-state index in [1.165, 1.54) is 22.1 Å². The van der Waals surface area contributed by atoms with Crippen molar-refractivity contribution in [1.82, 2.24) is 9.78 Å². The van der Waals surface area contributed by atoms with E-state index in [1.807, 2.05) is 13.0 Å². The number of halogens is 2. The van der Waals surface area contributed by atoms with E-state index in [2.05, 4.69) is 10.4 Å². The Hall–Kier alpha value is -2.87. The van der Waals surface area contributed by atoms with E-state index in [-0.39, 0.29) is 29.6 Å². The Morgan fingerprint density at radius 2 is 2.11 bits per heavy atom. The minimum absolute atomic E-state index is 0.00328. The fourth-order valence-electron chi connectivity index (χ4n) is 3.47. The highest BCUT2D eigenvalue weighted by Crippen LogP contribution is 2.39. The molecule has 0 fully saturated rings. The van der Waals surface area contributed by atoms with Crippen LogP contribution in [0, 0.1) is 18.6 Å². The highest BCUT2D eigenvalue weighted by molar-refractivity contribution is 7.14. The number of hydrogen-bond acceptors (Lipinski definition) is 4. The molecule has 0 unspecified atom stereocenters. The summed E-state index contributed by atoms with van der Waals surface area (Å²) in [5, 5.41) is 7.02. The van der Waals surface area contributed by atoms with Gasteiger partial charge in [0.1, 0.15) is 17.3 Å². The molecule has 5 nitrogen and oxygen atoms in total. The lowest BCUT2D eigenvalue weighted by Crippen LogP contribution is -2.28. The average molecular weight is 401 g/mol. The number of Topliss-reactive ketones (excluding diaryl/α,β-unsaturated/α-hetero) is 1. The van der Waals surface area contributed by atoms with Gasteiger partial charge in [-0.1, -0.05) is 6.92 Å². The van der Waals surface area contributed by atoms with Gasteiger partial charge in [0.2, 0.25) is 5.91 Å². The molecule has 0 aliphatic carbocycles. The molecule has 144 valence electrons. The number of carbonyl (C=O) groups excluding carboxylic acids is 2. The zero-order valence-corrected chi connectivity index (χ0v) is 16.1. The molecule has 28 heavy (non-hydrogen) atoms. The van der Waals surface area contributed by atoms with Gasteiger partial charge >= 0.3 is 0 Å². The highest BCUT2D eigenvalue weighted by Gasteiger charge is 2.37.